The fourth-order valence-electron chi connectivity index (χ4n) is 2.35. The van der Waals surface area contributed by atoms with Crippen LogP contribution in [0.4, 0.5) is 0 Å². The second-order valence-electron chi connectivity index (χ2n) is 6.82. The zero-order valence-electron chi connectivity index (χ0n) is 12.7. The van der Waals surface area contributed by atoms with Crippen LogP contribution in [0.25, 0.3) is 0 Å². The summed E-state index contributed by atoms with van der Waals surface area (Å²) < 4.78 is 0. The van der Waals surface area contributed by atoms with Crippen molar-refractivity contribution >= 4 is 0 Å². The van der Waals surface area contributed by atoms with E-state index in [1.165, 1.54) is 25.8 Å². The van der Waals surface area contributed by atoms with Crippen molar-refractivity contribution in [2.45, 2.75) is 78.4 Å². The van der Waals surface area contributed by atoms with Crippen LogP contribution in [0.2, 0.25) is 0 Å². The molecule has 0 bridgehead atoms. The lowest BCUT2D eigenvalue weighted by Gasteiger charge is -2.34. The summed E-state index contributed by atoms with van der Waals surface area (Å²) in [4.78, 5) is 2.73. The molecule has 17 heavy (non-hydrogen) atoms. The molecule has 0 radical (unpaired) electrons. The van der Waals surface area contributed by atoms with E-state index < -0.39 is 0 Å². The van der Waals surface area contributed by atoms with E-state index in [2.05, 4.69) is 51.8 Å². The Morgan fingerprint density at radius 3 is 2.24 bits per heavy atom. The van der Waals surface area contributed by atoms with Crippen molar-refractivity contribution in [3.63, 3.8) is 0 Å². The minimum atomic E-state index is 0.239. The molecule has 0 amide bonds. The summed E-state index contributed by atoms with van der Waals surface area (Å²) in [7, 11) is 0. The smallest absolute Gasteiger partial charge is 0.0108 e. The van der Waals surface area contributed by atoms with Crippen LogP contribution in [0.3, 0.4) is 0 Å². The first-order valence-corrected chi connectivity index (χ1v) is 7.36. The largest absolute Gasteiger partial charge is 0.312 e. The van der Waals surface area contributed by atoms with Crippen molar-refractivity contribution in [1.82, 2.24) is 10.2 Å². The van der Waals surface area contributed by atoms with Gasteiger partial charge >= 0.3 is 0 Å². The molecule has 2 nitrogen and oxygen atoms in total. The standard InChI is InChI=1S/C15H32N2/c1-7-10-17(14-8-9-14)13(3)12(2)11-16-15(4,5)6/h12-14,16H,7-11H2,1-6H3. The van der Waals surface area contributed by atoms with Crippen molar-refractivity contribution < 1.29 is 0 Å². The van der Waals surface area contributed by atoms with Crippen LogP contribution in [-0.4, -0.2) is 35.6 Å². The van der Waals surface area contributed by atoms with Crippen molar-refractivity contribution in [3.8, 4) is 0 Å². The van der Waals surface area contributed by atoms with Gasteiger partial charge in [-0.05, 0) is 66.0 Å². The van der Waals surface area contributed by atoms with Gasteiger partial charge in [0.15, 0.2) is 0 Å². The van der Waals surface area contributed by atoms with E-state index in [1.54, 1.807) is 0 Å². The van der Waals surface area contributed by atoms with Crippen LogP contribution in [0.5, 0.6) is 0 Å². The third-order valence-corrected chi connectivity index (χ3v) is 3.80. The molecule has 0 heterocycles. The van der Waals surface area contributed by atoms with Gasteiger partial charge in [-0.25, -0.2) is 0 Å². The second-order valence-corrected chi connectivity index (χ2v) is 6.82. The average molecular weight is 240 g/mol. The molecule has 1 N–H and O–H groups in total. The zero-order chi connectivity index (χ0) is 13.1. The molecule has 2 atom stereocenters. The van der Waals surface area contributed by atoms with E-state index in [0.717, 1.165) is 18.5 Å². The van der Waals surface area contributed by atoms with Gasteiger partial charge in [-0.2, -0.15) is 0 Å². The molecule has 1 saturated carbocycles. The summed E-state index contributed by atoms with van der Waals surface area (Å²) in [6.45, 7) is 16.2. The number of rotatable bonds is 7. The molecular weight excluding hydrogens is 208 g/mol. The van der Waals surface area contributed by atoms with E-state index in [-0.39, 0.29) is 5.54 Å². The number of hydrogen-bond donors (Lipinski definition) is 1. The Morgan fingerprint density at radius 1 is 1.24 bits per heavy atom. The number of nitrogens with one attached hydrogen (secondary N) is 1. The summed E-state index contributed by atoms with van der Waals surface area (Å²) >= 11 is 0. The summed E-state index contributed by atoms with van der Waals surface area (Å²) in [5, 5.41) is 3.63. The molecule has 0 aromatic heterocycles. The highest BCUT2D eigenvalue weighted by Gasteiger charge is 2.33. The normalized spacial score (nSPS) is 20.6. The predicted molar refractivity (Wildman–Crippen MR) is 76.4 cm³/mol. The Morgan fingerprint density at radius 2 is 1.82 bits per heavy atom. The van der Waals surface area contributed by atoms with E-state index in [1.807, 2.05) is 0 Å². The maximum atomic E-state index is 3.63. The van der Waals surface area contributed by atoms with Crippen LogP contribution in [0.15, 0.2) is 0 Å². The van der Waals surface area contributed by atoms with E-state index in [4.69, 9.17) is 0 Å². The Balaban J connectivity index is 2.40. The van der Waals surface area contributed by atoms with Crippen LogP contribution in [0, 0.1) is 5.92 Å². The Labute approximate surface area is 108 Å². The highest BCUT2D eigenvalue weighted by molar-refractivity contribution is 4.89. The molecule has 2 unspecified atom stereocenters. The van der Waals surface area contributed by atoms with Gasteiger partial charge < -0.3 is 5.32 Å². The van der Waals surface area contributed by atoms with E-state index >= 15 is 0 Å². The second kappa shape index (κ2) is 6.19. The van der Waals surface area contributed by atoms with Gasteiger partial charge in [0, 0.05) is 17.6 Å². The minimum Gasteiger partial charge on any atom is -0.312 e. The zero-order valence-corrected chi connectivity index (χ0v) is 12.7. The molecule has 1 aliphatic rings. The lowest BCUT2D eigenvalue weighted by atomic mass is 9.99. The first kappa shape index (κ1) is 15.0. The van der Waals surface area contributed by atoms with Gasteiger partial charge in [-0.15, -0.1) is 0 Å². The monoisotopic (exact) mass is 240 g/mol. The summed E-state index contributed by atoms with van der Waals surface area (Å²) in [6, 6.07) is 1.60. The molecule has 0 aliphatic heterocycles. The third-order valence-electron chi connectivity index (χ3n) is 3.80. The summed E-state index contributed by atoms with van der Waals surface area (Å²) in [5.74, 6) is 0.723. The van der Waals surface area contributed by atoms with Gasteiger partial charge in [0.05, 0.1) is 0 Å². The van der Waals surface area contributed by atoms with Gasteiger partial charge in [0.2, 0.25) is 0 Å². The fourth-order valence-corrected chi connectivity index (χ4v) is 2.35. The third kappa shape index (κ3) is 5.39. The van der Waals surface area contributed by atoms with Crippen LogP contribution < -0.4 is 5.32 Å². The Hall–Kier alpha value is -0.0800. The lowest BCUT2D eigenvalue weighted by molar-refractivity contribution is 0.146. The summed E-state index contributed by atoms with van der Waals surface area (Å²) in [6.07, 6.45) is 4.12. The van der Waals surface area contributed by atoms with Crippen molar-refractivity contribution in [1.29, 1.82) is 0 Å². The molecule has 0 aromatic rings. The van der Waals surface area contributed by atoms with Crippen LogP contribution in [0.1, 0.15) is 60.8 Å². The average Bonchev–Trinajstić information content (AvgIpc) is 3.04. The molecule has 1 rings (SSSR count). The van der Waals surface area contributed by atoms with Crippen LogP contribution >= 0.6 is 0 Å². The molecule has 1 aliphatic carbocycles. The molecular formula is C15H32N2. The van der Waals surface area contributed by atoms with Crippen LogP contribution in [-0.2, 0) is 0 Å². The molecule has 0 spiro atoms. The summed E-state index contributed by atoms with van der Waals surface area (Å²) in [5.41, 5.74) is 0.239. The van der Waals surface area contributed by atoms with E-state index in [9.17, 15) is 0 Å². The number of nitrogens with zero attached hydrogens (tertiary/aromatic N) is 1. The molecule has 102 valence electrons. The van der Waals surface area contributed by atoms with Gasteiger partial charge in [-0.3, -0.25) is 4.90 Å². The highest BCUT2D eigenvalue weighted by Crippen LogP contribution is 2.30. The van der Waals surface area contributed by atoms with Gasteiger partial charge in [-0.1, -0.05) is 13.8 Å². The van der Waals surface area contributed by atoms with Gasteiger partial charge in [0.1, 0.15) is 0 Å². The van der Waals surface area contributed by atoms with Crippen molar-refractivity contribution in [3.05, 3.63) is 0 Å². The van der Waals surface area contributed by atoms with Gasteiger partial charge in [0.25, 0.3) is 0 Å². The molecule has 2 heteroatoms. The molecule has 1 fully saturated rings. The SMILES string of the molecule is CCCN(C1CC1)C(C)C(C)CNC(C)(C)C. The highest BCUT2D eigenvalue weighted by atomic mass is 15.2. The maximum absolute atomic E-state index is 3.63. The fraction of sp³-hybridized carbons (Fsp3) is 1.00. The maximum Gasteiger partial charge on any atom is 0.0108 e. The Kier molecular flexibility index (Phi) is 5.46. The lowest BCUT2D eigenvalue weighted by Crippen LogP contribution is -2.46. The topological polar surface area (TPSA) is 15.3 Å². The first-order valence-electron chi connectivity index (χ1n) is 7.36. The molecule has 0 aromatic carbocycles. The predicted octanol–water partition coefficient (Wildman–Crippen LogP) is 3.27. The Bertz CT molecular complexity index is 215. The van der Waals surface area contributed by atoms with Crippen molar-refractivity contribution in [2.75, 3.05) is 13.1 Å². The number of hydrogen-bond acceptors (Lipinski definition) is 2. The quantitative estimate of drug-likeness (QED) is 0.735. The van der Waals surface area contributed by atoms with E-state index in [0.29, 0.717) is 6.04 Å². The first-order chi connectivity index (χ1) is 7.85. The molecule has 0 saturated heterocycles. The minimum absolute atomic E-state index is 0.239. The van der Waals surface area contributed by atoms with Crippen molar-refractivity contribution in [2.24, 2.45) is 5.92 Å².